The standard InChI is InChI=1S/C13H10Cl2FNO/c14-11-2-1-9(16)5-8(11)6-13(18)10-3-4-17-7-12(10)15/h1-5,7,13,18H,6H2. The van der Waals surface area contributed by atoms with Gasteiger partial charge in [0.15, 0.2) is 0 Å². The van der Waals surface area contributed by atoms with Gasteiger partial charge in [-0.1, -0.05) is 23.2 Å². The zero-order chi connectivity index (χ0) is 13.1. The lowest BCUT2D eigenvalue weighted by molar-refractivity contribution is 0.178. The first-order chi connectivity index (χ1) is 8.58. The van der Waals surface area contributed by atoms with E-state index < -0.39 is 6.10 Å². The fraction of sp³-hybridized carbons (Fsp3) is 0.154. The molecule has 0 aliphatic carbocycles. The Hall–Kier alpha value is -1.16. The van der Waals surface area contributed by atoms with Crippen LogP contribution in [0.15, 0.2) is 36.7 Å². The molecular formula is C13H10Cl2FNO. The van der Waals surface area contributed by atoms with Gasteiger partial charge in [-0.15, -0.1) is 0 Å². The Bertz CT molecular complexity index is 562. The zero-order valence-electron chi connectivity index (χ0n) is 9.28. The predicted octanol–water partition coefficient (Wildman–Crippen LogP) is 3.80. The lowest BCUT2D eigenvalue weighted by Gasteiger charge is -2.13. The number of rotatable bonds is 3. The van der Waals surface area contributed by atoms with E-state index in [1.54, 1.807) is 6.07 Å². The van der Waals surface area contributed by atoms with Gasteiger partial charge in [0.25, 0.3) is 0 Å². The van der Waals surface area contributed by atoms with Crippen molar-refractivity contribution in [2.24, 2.45) is 0 Å². The molecule has 0 bridgehead atoms. The monoisotopic (exact) mass is 285 g/mol. The maximum Gasteiger partial charge on any atom is 0.123 e. The smallest absolute Gasteiger partial charge is 0.123 e. The topological polar surface area (TPSA) is 33.1 Å². The van der Waals surface area contributed by atoms with Crippen molar-refractivity contribution in [2.75, 3.05) is 0 Å². The van der Waals surface area contributed by atoms with Gasteiger partial charge in [-0.3, -0.25) is 4.98 Å². The molecule has 5 heteroatoms. The van der Waals surface area contributed by atoms with Crippen molar-refractivity contribution >= 4 is 23.2 Å². The number of hydrogen-bond acceptors (Lipinski definition) is 2. The number of aromatic nitrogens is 1. The SMILES string of the molecule is OC(Cc1cc(F)ccc1Cl)c1ccncc1Cl. The molecule has 1 aromatic carbocycles. The molecular weight excluding hydrogens is 276 g/mol. The minimum absolute atomic E-state index is 0.195. The van der Waals surface area contributed by atoms with Gasteiger partial charge in [0.05, 0.1) is 11.1 Å². The summed E-state index contributed by atoms with van der Waals surface area (Å²) in [6.45, 7) is 0. The molecule has 1 N–H and O–H groups in total. The fourth-order valence-corrected chi connectivity index (χ4v) is 2.11. The summed E-state index contributed by atoms with van der Waals surface area (Å²) in [6.07, 6.45) is 2.34. The molecule has 0 spiro atoms. The third kappa shape index (κ3) is 2.99. The van der Waals surface area contributed by atoms with Gasteiger partial charge in [-0.25, -0.2) is 4.39 Å². The molecule has 2 aromatic rings. The molecule has 1 unspecified atom stereocenters. The van der Waals surface area contributed by atoms with Crippen LogP contribution in [0.5, 0.6) is 0 Å². The normalized spacial score (nSPS) is 12.4. The summed E-state index contributed by atoms with van der Waals surface area (Å²) >= 11 is 11.9. The van der Waals surface area contributed by atoms with E-state index in [4.69, 9.17) is 23.2 Å². The molecule has 1 heterocycles. The molecule has 1 atom stereocenters. The second-order valence-electron chi connectivity index (χ2n) is 3.85. The highest BCUT2D eigenvalue weighted by atomic mass is 35.5. The van der Waals surface area contributed by atoms with Gasteiger partial charge in [0.1, 0.15) is 5.82 Å². The lowest BCUT2D eigenvalue weighted by Crippen LogP contribution is -2.03. The first kappa shape index (κ1) is 13.3. The summed E-state index contributed by atoms with van der Waals surface area (Å²) in [5, 5.41) is 10.9. The summed E-state index contributed by atoms with van der Waals surface area (Å²) < 4.78 is 13.1. The Kier molecular flexibility index (Phi) is 4.17. The lowest BCUT2D eigenvalue weighted by atomic mass is 10.0. The summed E-state index contributed by atoms with van der Waals surface area (Å²) in [4.78, 5) is 3.84. The number of benzene rings is 1. The van der Waals surface area contributed by atoms with Gasteiger partial charge in [0.2, 0.25) is 0 Å². The van der Waals surface area contributed by atoms with Crippen molar-refractivity contribution in [3.8, 4) is 0 Å². The number of halogens is 3. The minimum atomic E-state index is -0.847. The van der Waals surface area contributed by atoms with Crippen LogP contribution < -0.4 is 0 Å². The Morgan fingerprint density at radius 3 is 2.72 bits per heavy atom. The van der Waals surface area contributed by atoms with Gasteiger partial charge < -0.3 is 5.11 Å². The van der Waals surface area contributed by atoms with Crippen LogP contribution in [-0.2, 0) is 6.42 Å². The zero-order valence-corrected chi connectivity index (χ0v) is 10.8. The molecule has 0 radical (unpaired) electrons. The molecule has 94 valence electrons. The fourth-order valence-electron chi connectivity index (χ4n) is 1.67. The summed E-state index contributed by atoms with van der Waals surface area (Å²) in [6, 6.07) is 5.67. The molecule has 0 saturated heterocycles. The van der Waals surface area contributed by atoms with Crippen LogP contribution >= 0.6 is 23.2 Å². The highest BCUT2D eigenvalue weighted by Crippen LogP contribution is 2.27. The molecule has 0 aliphatic rings. The largest absolute Gasteiger partial charge is 0.388 e. The van der Waals surface area contributed by atoms with Crippen molar-refractivity contribution in [2.45, 2.75) is 12.5 Å². The highest BCUT2D eigenvalue weighted by Gasteiger charge is 2.14. The predicted molar refractivity (Wildman–Crippen MR) is 69.3 cm³/mol. The van der Waals surface area contributed by atoms with Crippen LogP contribution in [0.25, 0.3) is 0 Å². The minimum Gasteiger partial charge on any atom is -0.388 e. The molecule has 0 fully saturated rings. The van der Waals surface area contributed by atoms with Crippen molar-refractivity contribution < 1.29 is 9.50 Å². The van der Waals surface area contributed by atoms with Crippen LogP contribution in [-0.4, -0.2) is 10.1 Å². The van der Waals surface area contributed by atoms with Gasteiger partial charge in [-0.05, 0) is 29.8 Å². The number of pyridine rings is 1. The number of nitrogens with zero attached hydrogens (tertiary/aromatic N) is 1. The number of aliphatic hydroxyl groups excluding tert-OH is 1. The van der Waals surface area contributed by atoms with Crippen molar-refractivity contribution in [3.63, 3.8) is 0 Å². The number of aliphatic hydroxyl groups is 1. The molecule has 2 rings (SSSR count). The average molecular weight is 286 g/mol. The summed E-state index contributed by atoms with van der Waals surface area (Å²) in [5.74, 6) is -0.387. The molecule has 0 amide bonds. The van der Waals surface area contributed by atoms with E-state index in [9.17, 15) is 9.50 Å². The van der Waals surface area contributed by atoms with E-state index in [0.717, 1.165) is 0 Å². The first-order valence-corrected chi connectivity index (χ1v) is 6.05. The third-order valence-corrected chi connectivity index (χ3v) is 3.27. The van der Waals surface area contributed by atoms with Crippen LogP contribution in [0.1, 0.15) is 17.2 Å². The molecule has 0 aliphatic heterocycles. The van der Waals surface area contributed by atoms with E-state index in [1.807, 2.05) is 0 Å². The molecule has 18 heavy (non-hydrogen) atoms. The van der Waals surface area contributed by atoms with Gasteiger partial charge >= 0.3 is 0 Å². The van der Waals surface area contributed by atoms with Crippen LogP contribution in [0.4, 0.5) is 4.39 Å². The van der Waals surface area contributed by atoms with Crippen molar-refractivity contribution in [3.05, 3.63) is 63.6 Å². The van der Waals surface area contributed by atoms with Gasteiger partial charge in [0, 0.05) is 29.4 Å². The van der Waals surface area contributed by atoms with E-state index in [0.29, 0.717) is 21.2 Å². The van der Waals surface area contributed by atoms with Crippen LogP contribution in [0.2, 0.25) is 10.0 Å². The summed E-state index contributed by atoms with van der Waals surface area (Å²) in [7, 11) is 0. The second-order valence-corrected chi connectivity index (χ2v) is 4.67. The van der Waals surface area contributed by atoms with Crippen LogP contribution in [0, 0.1) is 5.82 Å². The molecule has 2 nitrogen and oxygen atoms in total. The van der Waals surface area contributed by atoms with Crippen molar-refractivity contribution in [1.82, 2.24) is 4.98 Å². The summed E-state index contributed by atoms with van der Waals surface area (Å²) in [5.41, 5.74) is 1.09. The van der Waals surface area contributed by atoms with E-state index >= 15 is 0 Å². The maximum atomic E-state index is 13.1. The van der Waals surface area contributed by atoms with E-state index in [-0.39, 0.29) is 12.2 Å². The number of hydrogen-bond donors (Lipinski definition) is 1. The Balaban J connectivity index is 2.24. The maximum absolute atomic E-state index is 13.1. The van der Waals surface area contributed by atoms with E-state index in [1.165, 1.54) is 30.6 Å². The third-order valence-electron chi connectivity index (χ3n) is 2.58. The first-order valence-electron chi connectivity index (χ1n) is 5.29. The quantitative estimate of drug-likeness (QED) is 0.930. The Morgan fingerprint density at radius 2 is 2.00 bits per heavy atom. The van der Waals surface area contributed by atoms with E-state index in [2.05, 4.69) is 4.98 Å². The Labute approximate surface area is 114 Å². The Morgan fingerprint density at radius 1 is 1.22 bits per heavy atom. The molecule has 1 aromatic heterocycles. The average Bonchev–Trinajstić information content (AvgIpc) is 2.34. The van der Waals surface area contributed by atoms with Crippen LogP contribution in [0.3, 0.4) is 0 Å². The van der Waals surface area contributed by atoms with Gasteiger partial charge in [-0.2, -0.15) is 0 Å². The highest BCUT2D eigenvalue weighted by molar-refractivity contribution is 6.31. The second kappa shape index (κ2) is 5.65. The molecule has 0 saturated carbocycles. The van der Waals surface area contributed by atoms with Crippen molar-refractivity contribution in [1.29, 1.82) is 0 Å².